The van der Waals surface area contributed by atoms with Crippen LogP contribution < -0.4 is 5.73 Å². The van der Waals surface area contributed by atoms with Crippen molar-refractivity contribution in [2.45, 2.75) is 20.3 Å². The Morgan fingerprint density at radius 1 is 1.10 bits per heavy atom. The first-order chi connectivity index (χ1) is 9.66. The number of benzene rings is 2. The van der Waals surface area contributed by atoms with Crippen LogP contribution in [0, 0.1) is 5.92 Å². The minimum atomic E-state index is 0.545. The van der Waals surface area contributed by atoms with Crippen LogP contribution in [0.4, 0.5) is 5.82 Å². The number of fused-ring (bicyclic) bond motifs is 1. The Kier molecular flexibility index (Phi) is 3.18. The molecule has 20 heavy (non-hydrogen) atoms. The topological polar surface area (TPSA) is 54.7 Å². The van der Waals surface area contributed by atoms with E-state index in [1.54, 1.807) is 0 Å². The van der Waals surface area contributed by atoms with Crippen molar-refractivity contribution in [2.75, 3.05) is 5.73 Å². The van der Waals surface area contributed by atoms with Gasteiger partial charge in [-0.05, 0) is 23.1 Å². The fourth-order valence-corrected chi connectivity index (χ4v) is 2.66. The zero-order chi connectivity index (χ0) is 14.1. The van der Waals surface area contributed by atoms with Crippen molar-refractivity contribution in [2.24, 2.45) is 5.92 Å². The van der Waals surface area contributed by atoms with E-state index in [1.807, 2.05) is 0 Å². The molecule has 3 rings (SSSR count). The molecule has 1 aromatic heterocycles. The van der Waals surface area contributed by atoms with Gasteiger partial charge in [-0.3, -0.25) is 5.10 Å². The Labute approximate surface area is 118 Å². The molecule has 3 aromatic rings. The Morgan fingerprint density at radius 2 is 1.85 bits per heavy atom. The second kappa shape index (κ2) is 5.00. The highest BCUT2D eigenvalue weighted by atomic mass is 15.2. The molecule has 0 unspecified atom stereocenters. The number of H-pyrrole nitrogens is 1. The number of anilines is 1. The monoisotopic (exact) mass is 265 g/mol. The van der Waals surface area contributed by atoms with Gasteiger partial charge in [0.05, 0.1) is 5.69 Å². The molecule has 0 aliphatic rings. The van der Waals surface area contributed by atoms with Crippen molar-refractivity contribution in [3.05, 3.63) is 48.0 Å². The van der Waals surface area contributed by atoms with Crippen molar-refractivity contribution in [1.82, 2.24) is 10.2 Å². The van der Waals surface area contributed by atoms with Crippen molar-refractivity contribution in [3.8, 4) is 11.3 Å². The van der Waals surface area contributed by atoms with Crippen LogP contribution in [0.1, 0.15) is 19.4 Å². The number of hydrogen-bond donors (Lipinski definition) is 2. The van der Waals surface area contributed by atoms with E-state index in [-0.39, 0.29) is 0 Å². The molecule has 2 aromatic carbocycles. The molecule has 3 heteroatoms. The molecule has 0 amide bonds. The van der Waals surface area contributed by atoms with Crippen molar-refractivity contribution >= 4 is 16.6 Å². The van der Waals surface area contributed by atoms with Crippen LogP contribution in [0.3, 0.4) is 0 Å². The molecule has 1 heterocycles. The number of aromatic amines is 1. The summed E-state index contributed by atoms with van der Waals surface area (Å²) in [5.74, 6) is 1.16. The van der Waals surface area contributed by atoms with Gasteiger partial charge in [0.25, 0.3) is 0 Å². The lowest BCUT2D eigenvalue weighted by atomic mass is 9.96. The zero-order valence-corrected chi connectivity index (χ0v) is 11.9. The largest absolute Gasteiger partial charge is 0.382 e. The molecule has 3 nitrogen and oxygen atoms in total. The van der Waals surface area contributed by atoms with Crippen LogP contribution in [0.15, 0.2) is 42.5 Å². The number of nitrogens with two attached hydrogens (primary N) is 1. The summed E-state index contributed by atoms with van der Waals surface area (Å²) < 4.78 is 0. The summed E-state index contributed by atoms with van der Waals surface area (Å²) in [7, 11) is 0. The Bertz CT molecular complexity index is 736. The maximum atomic E-state index is 6.03. The van der Waals surface area contributed by atoms with Gasteiger partial charge in [-0.15, -0.1) is 0 Å². The van der Waals surface area contributed by atoms with Crippen LogP contribution in [-0.2, 0) is 6.42 Å². The van der Waals surface area contributed by atoms with Gasteiger partial charge in [0.15, 0.2) is 0 Å². The van der Waals surface area contributed by atoms with E-state index in [1.165, 1.54) is 16.3 Å². The third-order valence-electron chi connectivity index (χ3n) is 3.57. The molecule has 3 N–H and O–H groups in total. The average Bonchev–Trinajstić information content (AvgIpc) is 2.79. The summed E-state index contributed by atoms with van der Waals surface area (Å²) in [6, 6.07) is 14.7. The minimum Gasteiger partial charge on any atom is -0.382 e. The second-order valence-corrected chi connectivity index (χ2v) is 5.59. The zero-order valence-electron chi connectivity index (χ0n) is 11.9. The molecule has 0 spiro atoms. The number of nitrogen functional groups attached to an aromatic ring is 1. The van der Waals surface area contributed by atoms with E-state index in [2.05, 4.69) is 66.5 Å². The van der Waals surface area contributed by atoms with Crippen molar-refractivity contribution < 1.29 is 0 Å². The van der Waals surface area contributed by atoms with Crippen LogP contribution in [-0.4, -0.2) is 10.2 Å². The quantitative estimate of drug-likeness (QED) is 0.751. The van der Waals surface area contributed by atoms with Crippen LogP contribution in [0.25, 0.3) is 22.0 Å². The highest BCUT2D eigenvalue weighted by molar-refractivity contribution is 5.96. The van der Waals surface area contributed by atoms with E-state index >= 15 is 0 Å². The predicted octanol–water partition coefficient (Wildman–Crippen LogP) is 4.01. The van der Waals surface area contributed by atoms with Gasteiger partial charge in [0.2, 0.25) is 0 Å². The highest BCUT2D eigenvalue weighted by Gasteiger charge is 2.15. The molecule has 102 valence electrons. The van der Waals surface area contributed by atoms with Gasteiger partial charge >= 0.3 is 0 Å². The Balaban J connectivity index is 2.21. The molecule has 0 saturated carbocycles. The lowest BCUT2D eigenvalue weighted by Crippen LogP contribution is -1.99. The summed E-state index contributed by atoms with van der Waals surface area (Å²) in [4.78, 5) is 0. The Hall–Kier alpha value is -2.29. The summed E-state index contributed by atoms with van der Waals surface area (Å²) in [5.41, 5.74) is 9.37. The first-order valence-corrected chi connectivity index (χ1v) is 6.97. The molecular weight excluding hydrogens is 246 g/mol. The normalized spacial score (nSPS) is 11.3. The maximum Gasteiger partial charge on any atom is 0.149 e. The van der Waals surface area contributed by atoms with E-state index < -0.39 is 0 Å². The molecule has 0 saturated heterocycles. The fraction of sp³-hybridized carbons (Fsp3) is 0.235. The van der Waals surface area contributed by atoms with Gasteiger partial charge in [-0.25, -0.2) is 0 Å². The number of nitrogens with one attached hydrogen (secondary N) is 1. The Morgan fingerprint density at radius 3 is 2.65 bits per heavy atom. The van der Waals surface area contributed by atoms with Crippen LogP contribution in [0.5, 0.6) is 0 Å². The molecule has 0 fully saturated rings. The lowest BCUT2D eigenvalue weighted by molar-refractivity contribution is 0.649. The molecular formula is C17H19N3. The van der Waals surface area contributed by atoms with Gasteiger partial charge in [0.1, 0.15) is 5.82 Å². The van der Waals surface area contributed by atoms with E-state index in [0.717, 1.165) is 17.7 Å². The highest BCUT2D eigenvalue weighted by Crippen LogP contribution is 2.32. The van der Waals surface area contributed by atoms with E-state index in [0.29, 0.717) is 11.7 Å². The molecule has 0 bridgehead atoms. The minimum absolute atomic E-state index is 0.545. The summed E-state index contributed by atoms with van der Waals surface area (Å²) in [6.45, 7) is 4.39. The van der Waals surface area contributed by atoms with Crippen LogP contribution >= 0.6 is 0 Å². The van der Waals surface area contributed by atoms with Gasteiger partial charge in [-0.1, -0.05) is 56.3 Å². The second-order valence-electron chi connectivity index (χ2n) is 5.59. The van der Waals surface area contributed by atoms with Crippen molar-refractivity contribution in [1.29, 1.82) is 0 Å². The summed E-state index contributed by atoms with van der Waals surface area (Å²) in [6.07, 6.45) is 0.931. The first kappa shape index (κ1) is 12.7. The number of nitrogens with zero attached hydrogens (tertiary/aromatic N) is 1. The molecule has 0 atom stereocenters. The third-order valence-corrected chi connectivity index (χ3v) is 3.57. The SMILES string of the molecule is CC(C)Cc1c(N)n[nH]c1-c1cccc2ccccc12. The predicted molar refractivity (Wildman–Crippen MR) is 84.5 cm³/mol. The average molecular weight is 265 g/mol. The molecule has 0 aliphatic carbocycles. The number of rotatable bonds is 3. The maximum absolute atomic E-state index is 6.03. The fourth-order valence-electron chi connectivity index (χ4n) is 2.66. The van der Waals surface area contributed by atoms with Gasteiger partial charge in [-0.2, -0.15) is 5.10 Å². The number of aromatic nitrogens is 2. The molecule has 0 aliphatic heterocycles. The lowest BCUT2D eigenvalue weighted by Gasteiger charge is -2.09. The summed E-state index contributed by atoms with van der Waals surface area (Å²) >= 11 is 0. The van der Waals surface area contributed by atoms with E-state index in [9.17, 15) is 0 Å². The standard InChI is InChI=1S/C17H19N3/c1-11(2)10-15-16(19-20-17(15)18)14-9-5-7-12-6-3-4-8-13(12)14/h3-9,11H,10H2,1-2H3,(H3,18,19,20). The van der Waals surface area contributed by atoms with Crippen molar-refractivity contribution in [3.63, 3.8) is 0 Å². The van der Waals surface area contributed by atoms with Crippen LogP contribution in [0.2, 0.25) is 0 Å². The third kappa shape index (κ3) is 2.16. The smallest absolute Gasteiger partial charge is 0.149 e. The summed E-state index contributed by atoms with van der Waals surface area (Å²) in [5, 5.41) is 9.77. The van der Waals surface area contributed by atoms with Gasteiger partial charge < -0.3 is 5.73 Å². The molecule has 0 radical (unpaired) electrons. The first-order valence-electron chi connectivity index (χ1n) is 6.97. The van der Waals surface area contributed by atoms with Gasteiger partial charge in [0, 0.05) is 11.1 Å². The number of hydrogen-bond acceptors (Lipinski definition) is 2. The van der Waals surface area contributed by atoms with E-state index in [4.69, 9.17) is 5.73 Å².